The minimum atomic E-state index is -3.20. The van der Waals surface area contributed by atoms with E-state index in [0.29, 0.717) is 4.34 Å². The third-order valence-corrected chi connectivity index (χ3v) is 6.42. The molecular formula is C13H18ClNO3S2. The average Bonchev–Trinajstić information content (AvgIpc) is 3.00. The number of carbonyl (C=O) groups is 1. The van der Waals surface area contributed by atoms with Gasteiger partial charge in [-0.25, -0.2) is 8.42 Å². The van der Waals surface area contributed by atoms with Crippen molar-refractivity contribution in [3.8, 4) is 0 Å². The van der Waals surface area contributed by atoms with Crippen molar-refractivity contribution in [3.63, 3.8) is 0 Å². The summed E-state index contributed by atoms with van der Waals surface area (Å²) in [5, 5.41) is 2.73. The van der Waals surface area contributed by atoms with Crippen LogP contribution in [-0.2, 0) is 20.4 Å². The van der Waals surface area contributed by atoms with E-state index in [1.807, 2.05) is 0 Å². The molecule has 0 unspecified atom stereocenters. The summed E-state index contributed by atoms with van der Waals surface area (Å²) in [5.74, 6) is 0.0377. The van der Waals surface area contributed by atoms with Gasteiger partial charge in [-0.15, -0.1) is 11.3 Å². The van der Waals surface area contributed by atoms with E-state index in [2.05, 4.69) is 5.32 Å². The zero-order chi connectivity index (χ0) is 14.6. The van der Waals surface area contributed by atoms with Crippen LogP contribution in [0.3, 0.4) is 0 Å². The highest BCUT2D eigenvalue weighted by molar-refractivity contribution is 7.90. The number of carbonyl (C=O) groups excluding carboxylic acids is 1. The number of amides is 1. The molecule has 0 aliphatic heterocycles. The quantitative estimate of drug-likeness (QED) is 0.869. The van der Waals surface area contributed by atoms with Crippen LogP contribution in [0.4, 0.5) is 0 Å². The Hall–Kier alpha value is -0.590. The highest BCUT2D eigenvalue weighted by atomic mass is 35.5. The van der Waals surface area contributed by atoms with Crippen LogP contribution in [0.15, 0.2) is 12.1 Å². The summed E-state index contributed by atoms with van der Waals surface area (Å²) in [4.78, 5) is 12.5. The average molecular weight is 336 g/mol. The molecule has 4 nitrogen and oxygen atoms in total. The van der Waals surface area contributed by atoms with Crippen LogP contribution in [0.1, 0.15) is 30.6 Å². The Morgan fingerprint density at radius 1 is 1.35 bits per heavy atom. The Morgan fingerprint density at radius 3 is 2.65 bits per heavy atom. The molecule has 1 N–H and O–H groups in total. The number of halogens is 1. The van der Waals surface area contributed by atoms with E-state index in [9.17, 15) is 13.2 Å². The van der Waals surface area contributed by atoms with E-state index in [1.165, 1.54) is 11.3 Å². The SMILES string of the molecule is O=C(NCCS(=O)(=O)Cc1ccc(Cl)s1)C1CCCC1. The molecule has 1 fully saturated rings. The molecule has 2 rings (SSSR count). The van der Waals surface area contributed by atoms with Crippen molar-refractivity contribution in [2.24, 2.45) is 5.92 Å². The summed E-state index contributed by atoms with van der Waals surface area (Å²) in [6.07, 6.45) is 4.03. The van der Waals surface area contributed by atoms with Crippen molar-refractivity contribution in [2.45, 2.75) is 31.4 Å². The van der Waals surface area contributed by atoms with Crippen LogP contribution >= 0.6 is 22.9 Å². The monoisotopic (exact) mass is 335 g/mol. The van der Waals surface area contributed by atoms with Crippen LogP contribution in [0, 0.1) is 5.92 Å². The fraction of sp³-hybridized carbons (Fsp3) is 0.615. The molecule has 1 aliphatic rings. The first-order chi connectivity index (χ1) is 9.46. The lowest BCUT2D eigenvalue weighted by Gasteiger charge is -2.10. The molecule has 1 saturated carbocycles. The molecule has 0 spiro atoms. The fourth-order valence-corrected chi connectivity index (χ4v) is 5.12. The number of nitrogens with one attached hydrogen (secondary N) is 1. The van der Waals surface area contributed by atoms with Gasteiger partial charge < -0.3 is 5.32 Å². The number of thiophene rings is 1. The molecule has 1 heterocycles. The Bertz CT molecular complexity index is 562. The molecule has 0 aromatic carbocycles. The van der Waals surface area contributed by atoms with Crippen molar-refractivity contribution in [1.82, 2.24) is 5.32 Å². The van der Waals surface area contributed by atoms with E-state index >= 15 is 0 Å². The van der Waals surface area contributed by atoms with Crippen LogP contribution in [0.2, 0.25) is 4.34 Å². The van der Waals surface area contributed by atoms with E-state index in [-0.39, 0.29) is 29.9 Å². The molecule has 1 aromatic rings. The van der Waals surface area contributed by atoms with Crippen molar-refractivity contribution in [3.05, 3.63) is 21.3 Å². The first kappa shape index (κ1) is 15.8. The highest BCUT2D eigenvalue weighted by Crippen LogP contribution is 2.25. The standard InChI is InChI=1S/C13H18ClNO3S2/c14-12-6-5-11(19-12)9-20(17,18)8-7-15-13(16)10-3-1-2-4-10/h5-6,10H,1-4,7-9H2,(H,15,16). The maximum absolute atomic E-state index is 11.9. The van der Waals surface area contributed by atoms with Crippen LogP contribution < -0.4 is 5.32 Å². The topological polar surface area (TPSA) is 63.2 Å². The van der Waals surface area contributed by atoms with Gasteiger partial charge in [-0.3, -0.25) is 4.79 Å². The largest absolute Gasteiger partial charge is 0.355 e. The van der Waals surface area contributed by atoms with Crippen molar-refractivity contribution in [2.75, 3.05) is 12.3 Å². The molecule has 1 aromatic heterocycles. The number of sulfone groups is 1. The summed E-state index contributed by atoms with van der Waals surface area (Å²) in [7, 11) is -3.20. The lowest BCUT2D eigenvalue weighted by atomic mass is 10.1. The van der Waals surface area contributed by atoms with Gasteiger partial charge in [0.2, 0.25) is 5.91 Å². The number of rotatable bonds is 6. The van der Waals surface area contributed by atoms with Gasteiger partial charge in [0.05, 0.1) is 15.8 Å². The van der Waals surface area contributed by atoms with Gasteiger partial charge in [0.15, 0.2) is 9.84 Å². The summed E-state index contributed by atoms with van der Waals surface area (Å²) in [6, 6.07) is 3.42. The lowest BCUT2D eigenvalue weighted by molar-refractivity contribution is -0.124. The molecule has 0 bridgehead atoms. The maximum Gasteiger partial charge on any atom is 0.223 e. The Labute approximate surface area is 128 Å². The predicted octanol–water partition coefficient (Wildman–Crippen LogP) is 2.62. The fourth-order valence-electron chi connectivity index (χ4n) is 2.38. The molecule has 1 aliphatic carbocycles. The molecule has 0 saturated heterocycles. The minimum Gasteiger partial charge on any atom is -0.355 e. The zero-order valence-corrected chi connectivity index (χ0v) is 13.5. The first-order valence-electron chi connectivity index (χ1n) is 6.69. The van der Waals surface area contributed by atoms with Gasteiger partial charge in [0, 0.05) is 17.3 Å². The minimum absolute atomic E-state index is 0.00290. The molecule has 0 radical (unpaired) electrons. The maximum atomic E-state index is 11.9. The second-order valence-corrected chi connectivity index (χ2v) is 9.05. The van der Waals surface area contributed by atoms with E-state index in [4.69, 9.17) is 11.6 Å². The Morgan fingerprint density at radius 2 is 2.05 bits per heavy atom. The van der Waals surface area contributed by atoms with Crippen molar-refractivity contribution < 1.29 is 13.2 Å². The van der Waals surface area contributed by atoms with Gasteiger partial charge in [0.1, 0.15) is 0 Å². The normalized spacial score (nSPS) is 16.4. The van der Waals surface area contributed by atoms with E-state index in [0.717, 1.165) is 30.6 Å². The smallest absolute Gasteiger partial charge is 0.223 e. The summed E-state index contributed by atoms with van der Waals surface area (Å²) in [6.45, 7) is 0.191. The van der Waals surface area contributed by atoms with Crippen molar-refractivity contribution >= 4 is 38.7 Å². The first-order valence-corrected chi connectivity index (χ1v) is 9.70. The predicted molar refractivity (Wildman–Crippen MR) is 81.8 cm³/mol. The zero-order valence-electron chi connectivity index (χ0n) is 11.1. The number of hydrogen-bond acceptors (Lipinski definition) is 4. The van der Waals surface area contributed by atoms with Crippen molar-refractivity contribution in [1.29, 1.82) is 0 Å². The van der Waals surface area contributed by atoms with Gasteiger partial charge in [-0.05, 0) is 25.0 Å². The molecule has 7 heteroatoms. The lowest BCUT2D eigenvalue weighted by Crippen LogP contribution is -2.33. The Balaban J connectivity index is 1.76. The second kappa shape index (κ2) is 6.91. The van der Waals surface area contributed by atoms with Gasteiger partial charge in [-0.2, -0.15) is 0 Å². The molecule has 112 valence electrons. The van der Waals surface area contributed by atoms with E-state index < -0.39 is 9.84 Å². The highest BCUT2D eigenvalue weighted by Gasteiger charge is 2.22. The summed E-state index contributed by atoms with van der Waals surface area (Å²) < 4.78 is 24.4. The molecule has 20 heavy (non-hydrogen) atoms. The molecule has 0 atom stereocenters. The van der Waals surface area contributed by atoms with Crippen LogP contribution in [0.25, 0.3) is 0 Å². The van der Waals surface area contributed by atoms with Gasteiger partial charge in [-0.1, -0.05) is 24.4 Å². The molecule has 1 amide bonds. The second-order valence-electron chi connectivity index (χ2n) is 5.07. The van der Waals surface area contributed by atoms with Crippen LogP contribution in [-0.4, -0.2) is 26.6 Å². The van der Waals surface area contributed by atoms with Gasteiger partial charge >= 0.3 is 0 Å². The Kier molecular flexibility index (Phi) is 5.46. The number of hydrogen-bond donors (Lipinski definition) is 1. The third kappa shape index (κ3) is 4.75. The summed E-state index contributed by atoms with van der Waals surface area (Å²) in [5.41, 5.74) is 0. The summed E-state index contributed by atoms with van der Waals surface area (Å²) >= 11 is 7.05. The third-order valence-electron chi connectivity index (χ3n) is 3.43. The van der Waals surface area contributed by atoms with Gasteiger partial charge in [0.25, 0.3) is 0 Å². The van der Waals surface area contributed by atoms with Crippen LogP contribution in [0.5, 0.6) is 0 Å². The van der Waals surface area contributed by atoms with E-state index in [1.54, 1.807) is 12.1 Å². The molecular weight excluding hydrogens is 318 g/mol.